The van der Waals surface area contributed by atoms with E-state index in [4.69, 9.17) is 10.00 Å². The van der Waals surface area contributed by atoms with Gasteiger partial charge in [0.15, 0.2) is 6.61 Å². The molecule has 1 N–H and O–H groups in total. The molecule has 0 spiro atoms. The highest BCUT2D eigenvalue weighted by Crippen LogP contribution is 2.30. The lowest BCUT2D eigenvalue weighted by Crippen LogP contribution is -2.39. The van der Waals surface area contributed by atoms with Crippen molar-refractivity contribution in [1.29, 1.82) is 5.26 Å². The summed E-state index contributed by atoms with van der Waals surface area (Å²) in [6.45, 7) is 3.81. The summed E-state index contributed by atoms with van der Waals surface area (Å²) >= 11 is 0. The van der Waals surface area contributed by atoms with Gasteiger partial charge in [-0.1, -0.05) is 6.07 Å². The number of nitrogens with one attached hydrogen (secondary N) is 1. The molecule has 2 fully saturated rings. The largest absolute Gasteiger partial charge is 0.479 e. The molecule has 0 amide bonds. The van der Waals surface area contributed by atoms with Crippen LogP contribution in [0.25, 0.3) is 0 Å². The standard InChI is InChI=1S/C15H19N3O/c16-6-9-19-14-3-1-2-13(10-14)17-15-5-8-18-7-4-12(15)11-18/h1-3,10,12,15,17H,4-5,7-9,11H2. The molecule has 2 bridgehead atoms. The van der Waals surface area contributed by atoms with Crippen LogP contribution in [-0.4, -0.2) is 37.2 Å². The van der Waals surface area contributed by atoms with Crippen molar-refractivity contribution in [3.63, 3.8) is 0 Å². The predicted octanol–water partition coefficient (Wildman–Crippen LogP) is 2.10. The van der Waals surface area contributed by atoms with Gasteiger partial charge in [0.05, 0.1) is 0 Å². The fourth-order valence-corrected chi connectivity index (χ4v) is 3.15. The van der Waals surface area contributed by atoms with E-state index in [1.807, 2.05) is 24.3 Å². The maximum absolute atomic E-state index is 8.53. The summed E-state index contributed by atoms with van der Waals surface area (Å²) in [5.41, 5.74) is 1.10. The van der Waals surface area contributed by atoms with E-state index in [-0.39, 0.29) is 6.61 Å². The average molecular weight is 257 g/mol. The van der Waals surface area contributed by atoms with Crippen molar-refractivity contribution in [2.45, 2.75) is 18.9 Å². The van der Waals surface area contributed by atoms with Crippen molar-refractivity contribution in [2.75, 3.05) is 31.6 Å². The Morgan fingerprint density at radius 2 is 2.26 bits per heavy atom. The maximum Gasteiger partial charge on any atom is 0.174 e. The second kappa shape index (κ2) is 5.50. The number of benzene rings is 1. The van der Waals surface area contributed by atoms with Crippen molar-refractivity contribution in [3.05, 3.63) is 24.3 Å². The van der Waals surface area contributed by atoms with Gasteiger partial charge >= 0.3 is 0 Å². The summed E-state index contributed by atoms with van der Waals surface area (Å²) < 4.78 is 5.34. The Balaban J connectivity index is 1.64. The first-order chi connectivity index (χ1) is 9.35. The van der Waals surface area contributed by atoms with E-state index < -0.39 is 0 Å². The van der Waals surface area contributed by atoms with Gasteiger partial charge in [0.25, 0.3) is 0 Å². The zero-order valence-corrected chi connectivity index (χ0v) is 11.0. The van der Waals surface area contributed by atoms with Crippen LogP contribution in [0.2, 0.25) is 0 Å². The van der Waals surface area contributed by atoms with Gasteiger partial charge in [0.1, 0.15) is 11.8 Å². The van der Waals surface area contributed by atoms with Crippen LogP contribution in [0.3, 0.4) is 0 Å². The van der Waals surface area contributed by atoms with Gasteiger partial charge in [-0.3, -0.25) is 0 Å². The Hall–Kier alpha value is -1.73. The Kier molecular flexibility index (Phi) is 3.56. The van der Waals surface area contributed by atoms with Crippen LogP contribution in [-0.2, 0) is 0 Å². The molecule has 2 aliphatic heterocycles. The molecule has 0 aromatic heterocycles. The van der Waals surface area contributed by atoms with Crippen LogP contribution >= 0.6 is 0 Å². The molecule has 4 heteroatoms. The number of rotatable bonds is 4. The fraction of sp³-hybridized carbons (Fsp3) is 0.533. The molecule has 2 heterocycles. The summed E-state index contributed by atoms with van der Waals surface area (Å²) in [7, 11) is 0. The number of hydrogen-bond donors (Lipinski definition) is 1. The average Bonchev–Trinajstić information content (AvgIpc) is 2.83. The second-order valence-corrected chi connectivity index (χ2v) is 5.36. The molecule has 19 heavy (non-hydrogen) atoms. The van der Waals surface area contributed by atoms with Crippen molar-refractivity contribution < 1.29 is 4.74 Å². The van der Waals surface area contributed by atoms with Crippen LogP contribution < -0.4 is 10.1 Å². The summed E-state index contributed by atoms with van der Waals surface area (Å²) in [6.07, 6.45) is 2.52. The molecule has 2 aliphatic rings. The van der Waals surface area contributed by atoms with Crippen LogP contribution in [0.5, 0.6) is 5.75 Å². The van der Waals surface area contributed by atoms with E-state index in [2.05, 4.69) is 16.3 Å². The number of ether oxygens (including phenoxy) is 1. The van der Waals surface area contributed by atoms with Crippen LogP contribution in [0.1, 0.15) is 12.8 Å². The molecule has 2 saturated heterocycles. The van der Waals surface area contributed by atoms with Crippen molar-refractivity contribution in [3.8, 4) is 11.8 Å². The van der Waals surface area contributed by atoms with E-state index >= 15 is 0 Å². The van der Waals surface area contributed by atoms with Crippen LogP contribution in [0.15, 0.2) is 24.3 Å². The molecule has 100 valence electrons. The zero-order chi connectivity index (χ0) is 13.1. The topological polar surface area (TPSA) is 48.3 Å². The third kappa shape index (κ3) is 2.82. The summed E-state index contributed by atoms with van der Waals surface area (Å²) in [6, 6.07) is 10.5. The molecule has 0 radical (unpaired) electrons. The zero-order valence-electron chi connectivity index (χ0n) is 11.0. The van der Waals surface area contributed by atoms with E-state index in [1.54, 1.807) is 0 Å². The minimum atomic E-state index is 0.102. The summed E-state index contributed by atoms with van der Waals surface area (Å²) in [5, 5.41) is 12.2. The molecule has 0 saturated carbocycles. The molecule has 1 aromatic carbocycles. The molecule has 1 aromatic rings. The van der Waals surface area contributed by atoms with Gasteiger partial charge in [0, 0.05) is 30.9 Å². The van der Waals surface area contributed by atoms with E-state index in [9.17, 15) is 0 Å². The molecule has 4 nitrogen and oxygen atoms in total. The minimum absolute atomic E-state index is 0.102. The summed E-state index contributed by atoms with van der Waals surface area (Å²) in [4.78, 5) is 2.55. The monoisotopic (exact) mass is 257 g/mol. The van der Waals surface area contributed by atoms with Crippen molar-refractivity contribution >= 4 is 5.69 Å². The lowest BCUT2D eigenvalue weighted by atomic mass is 9.94. The number of piperidine rings is 1. The molecule has 3 rings (SSSR count). The first kappa shape index (κ1) is 12.3. The molecule has 0 aliphatic carbocycles. The molecule has 3 unspecified atom stereocenters. The minimum Gasteiger partial charge on any atom is -0.479 e. The number of nitrogens with zero attached hydrogens (tertiary/aromatic N) is 2. The van der Waals surface area contributed by atoms with Gasteiger partial charge in [0.2, 0.25) is 0 Å². The van der Waals surface area contributed by atoms with Crippen LogP contribution in [0, 0.1) is 17.2 Å². The lowest BCUT2D eigenvalue weighted by Gasteiger charge is -2.31. The number of nitriles is 1. The Labute approximate surface area is 114 Å². The Morgan fingerprint density at radius 1 is 1.37 bits per heavy atom. The van der Waals surface area contributed by atoms with Crippen molar-refractivity contribution in [2.24, 2.45) is 5.92 Å². The fourth-order valence-electron chi connectivity index (χ4n) is 3.15. The maximum atomic E-state index is 8.53. The highest BCUT2D eigenvalue weighted by molar-refractivity contribution is 5.49. The van der Waals surface area contributed by atoms with E-state index in [0.717, 1.165) is 17.4 Å². The third-order valence-electron chi connectivity index (χ3n) is 4.12. The smallest absolute Gasteiger partial charge is 0.174 e. The quantitative estimate of drug-likeness (QED) is 0.897. The van der Waals surface area contributed by atoms with Crippen LogP contribution in [0.4, 0.5) is 5.69 Å². The van der Waals surface area contributed by atoms with Gasteiger partial charge in [-0.2, -0.15) is 5.26 Å². The second-order valence-electron chi connectivity index (χ2n) is 5.36. The van der Waals surface area contributed by atoms with Gasteiger partial charge < -0.3 is 15.0 Å². The first-order valence-electron chi connectivity index (χ1n) is 6.94. The highest BCUT2D eigenvalue weighted by Gasteiger charge is 2.33. The molecular formula is C15H19N3O. The highest BCUT2D eigenvalue weighted by atomic mass is 16.5. The van der Waals surface area contributed by atoms with E-state index in [1.165, 1.54) is 32.5 Å². The Bertz CT molecular complexity index is 483. The Morgan fingerprint density at radius 3 is 3.16 bits per heavy atom. The normalized spacial score (nSPS) is 28.7. The number of anilines is 1. The van der Waals surface area contributed by atoms with Crippen molar-refractivity contribution in [1.82, 2.24) is 4.90 Å². The number of hydrogen-bond acceptors (Lipinski definition) is 4. The van der Waals surface area contributed by atoms with E-state index in [0.29, 0.717) is 6.04 Å². The van der Waals surface area contributed by atoms with Gasteiger partial charge in [-0.15, -0.1) is 0 Å². The molecular weight excluding hydrogens is 238 g/mol. The number of fused-ring (bicyclic) bond motifs is 2. The van der Waals surface area contributed by atoms with Gasteiger partial charge in [-0.25, -0.2) is 0 Å². The van der Waals surface area contributed by atoms with Gasteiger partial charge in [-0.05, 0) is 37.4 Å². The predicted molar refractivity (Wildman–Crippen MR) is 74.1 cm³/mol. The molecule has 3 atom stereocenters. The third-order valence-corrected chi connectivity index (χ3v) is 4.12. The summed E-state index contributed by atoms with van der Waals surface area (Å²) in [5.74, 6) is 1.54. The first-order valence-corrected chi connectivity index (χ1v) is 6.94. The lowest BCUT2D eigenvalue weighted by molar-refractivity contribution is 0.255. The SMILES string of the molecule is N#CCOc1cccc(NC2CCN3CCC2C3)c1.